The smallest absolute Gasteiger partial charge is 0.145 e. The summed E-state index contributed by atoms with van der Waals surface area (Å²) >= 11 is 0. The van der Waals surface area contributed by atoms with Crippen molar-refractivity contribution in [2.45, 2.75) is 25.2 Å². The topological polar surface area (TPSA) is 54.7 Å². The van der Waals surface area contributed by atoms with Gasteiger partial charge in [-0.05, 0) is 31.1 Å². The molecular formula is C9H13N3. The number of rotatable bonds is 1. The lowest BCUT2D eigenvalue weighted by Gasteiger charge is -2.07. The zero-order chi connectivity index (χ0) is 8.13. The summed E-state index contributed by atoms with van der Waals surface area (Å²) < 4.78 is 0. The van der Waals surface area contributed by atoms with Crippen LogP contribution in [0.15, 0.2) is 6.07 Å². The standard InChI is InChI=1S/C9H13N3/c10-9-4-8(11-12-9)7-2-5-1-6(5)3-7/h4-7H,1-3H2,(H3,10,11,12)/t5-,6+,7?. The van der Waals surface area contributed by atoms with Gasteiger partial charge in [-0.2, -0.15) is 5.10 Å². The molecule has 3 heteroatoms. The molecule has 1 unspecified atom stereocenters. The van der Waals surface area contributed by atoms with Crippen molar-refractivity contribution in [2.75, 3.05) is 5.73 Å². The lowest BCUT2D eigenvalue weighted by atomic mass is 10.00. The molecule has 0 saturated heterocycles. The molecule has 1 aromatic heterocycles. The van der Waals surface area contributed by atoms with Crippen LogP contribution in [0, 0.1) is 11.8 Å². The monoisotopic (exact) mass is 163 g/mol. The van der Waals surface area contributed by atoms with Crippen molar-refractivity contribution in [1.82, 2.24) is 10.2 Å². The van der Waals surface area contributed by atoms with Crippen molar-refractivity contribution < 1.29 is 0 Å². The molecule has 0 amide bonds. The van der Waals surface area contributed by atoms with E-state index in [2.05, 4.69) is 10.2 Å². The van der Waals surface area contributed by atoms with E-state index in [4.69, 9.17) is 5.73 Å². The molecule has 0 radical (unpaired) electrons. The Kier molecular flexibility index (Phi) is 1.10. The fraction of sp³-hybridized carbons (Fsp3) is 0.667. The summed E-state index contributed by atoms with van der Waals surface area (Å²) in [4.78, 5) is 0. The number of hydrogen-bond acceptors (Lipinski definition) is 2. The van der Waals surface area contributed by atoms with Crippen LogP contribution in [0.5, 0.6) is 0 Å². The van der Waals surface area contributed by atoms with Gasteiger partial charge in [0.15, 0.2) is 0 Å². The lowest BCUT2D eigenvalue weighted by Crippen LogP contribution is -1.95. The van der Waals surface area contributed by atoms with Crippen LogP contribution in [0.25, 0.3) is 0 Å². The molecule has 64 valence electrons. The van der Waals surface area contributed by atoms with Crippen molar-refractivity contribution in [3.8, 4) is 0 Å². The lowest BCUT2D eigenvalue weighted by molar-refractivity contribution is 0.606. The first-order valence-corrected chi connectivity index (χ1v) is 4.63. The van der Waals surface area contributed by atoms with Crippen LogP contribution in [0.1, 0.15) is 30.9 Å². The minimum Gasteiger partial charge on any atom is -0.382 e. The van der Waals surface area contributed by atoms with Gasteiger partial charge in [0.05, 0.1) is 0 Å². The van der Waals surface area contributed by atoms with E-state index in [1.807, 2.05) is 6.07 Å². The fourth-order valence-corrected chi connectivity index (χ4v) is 2.53. The molecule has 0 aliphatic heterocycles. The Hall–Kier alpha value is -0.990. The zero-order valence-electron chi connectivity index (χ0n) is 6.96. The maximum atomic E-state index is 5.55. The second-order valence-electron chi connectivity index (χ2n) is 4.17. The molecule has 3 N–H and O–H groups in total. The number of nitrogens with one attached hydrogen (secondary N) is 1. The van der Waals surface area contributed by atoms with Gasteiger partial charge in [-0.15, -0.1) is 0 Å². The summed E-state index contributed by atoms with van der Waals surface area (Å²) in [7, 11) is 0. The molecule has 0 aromatic carbocycles. The second kappa shape index (κ2) is 2.03. The highest BCUT2D eigenvalue weighted by Gasteiger charge is 2.46. The van der Waals surface area contributed by atoms with Gasteiger partial charge in [0, 0.05) is 17.7 Å². The Bertz CT molecular complexity index is 294. The maximum Gasteiger partial charge on any atom is 0.145 e. The molecular weight excluding hydrogens is 150 g/mol. The number of nitrogen functional groups attached to an aromatic ring is 1. The molecule has 1 aromatic rings. The van der Waals surface area contributed by atoms with E-state index in [0.717, 1.165) is 17.8 Å². The molecule has 2 aliphatic rings. The molecule has 3 rings (SSSR count). The molecule has 3 atom stereocenters. The highest BCUT2D eigenvalue weighted by atomic mass is 15.2. The van der Waals surface area contributed by atoms with Gasteiger partial charge in [0.25, 0.3) is 0 Å². The van der Waals surface area contributed by atoms with Crippen molar-refractivity contribution in [3.05, 3.63) is 11.8 Å². The molecule has 0 spiro atoms. The van der Waals surface area contributed by atoms with Gasteiger partial charge in [-0.1, -0.05) is 0 Å². The van der Waals surface area contributed by atoms with Crippen LogP contribution >= 0.6 is 0 Å². The summed E-state index contributed by atoms with van der Waals surface area (Å²) in [5.74, 6) is 3.41. The number of hydrogen-bond donors (Lipinski definition) is 2. The highest BCUT2D eigenvalue weighted by Crippen LogP contribution is 2.57. The summed E-state index contributed by atoms with van der Waals surface area (Å²) in [5, 5.41) is 6.97. The predicted molar refractivity (Wildman–Crippen MR) is 46.6 cm³/mol. The normalized spacial score (nSPS) is 38.2. The third kappa shape index (κ3) is 0.854. The van der Waals surface area contributed by atoms with Crippen LogP contribution in [0.4, 0.5) is 5.82 Å². The van der Waals surface area contributed by atoms with E-state index in [9.17, 15) is 0 Å². The highest BCUT2D eigenvalue weighted by molar-refractivity contribution is 5.31. The quantitative estimate of drug-likeness (QED) is 0.659. The second-order valence-corrected chi connectivity index (χ2v) is 4.17. The Morgan fingerprint density at radius 2 is 2.08 bits per heavy atom. The molecule has 3 nitrogen and oxygen atoms in total. The van der Waals surface area contributed by atoms with Crippen LogP contribution < -0.4 is 5.73 Å². The number of aromatic amines is 1. The van der Waals surface area contributed by atoms with Gasteiger partial charge in [0.2, 0.25) is 0 Å². The van der Waals surface area contributed by atoms with E-state index < -0.39 is 0 Å². The summed E-state index contributed by atoms with van der Waals surface area (Å²) in [5.41, 5.74) is 6.80. The Labute approximate surface area is 71.3 Å². The van der Waals surface area contributed by atoms with Crippen LogP contribution in [-0.4, -0.2) is 10.2 Å². The average molecular weight is 163 g/mol. The third-order valence-corrected chi connectivity index (χ3v) is 3.30. The molecule has 12 heavy (non-hydrogen) atoms. The van der Waals surface area contributed by atoms with Crippen molar-refractivity contribution in [2.24, 2.45) is 11.8 Å². The molecule has 2 fully saturated rings. The van der Waals surface area contributed by atoms with Gasteiger partial charge in [-0.25, -0.2) is 0 Å². The zero-order valence-corrected chi connectivity index (χ0v) is 6.96. The number of fused-ring (bicyclic) bond motifs is 1. The van der Waals surface area contributed by atoms with Crippen LogP contribution in [-0.2, 0) is 0 Å². The number of nitrogens with zero attached hydrogens (tertiary/aromatic N) is 1. The first-order valence-electron chi connectivity index (χ1n) is 4.63. The molecule has 2 aliphatic carbocycles. The number of H-pyrrole nitrogens is 1. The maximum absolute atomic E-state index is 5.55. The van der Waals surface area contributed by atoms with Gasteiger partial charge < -0.3 is 5.73 Å². The molecule has 2 saturated carbocycles. The fourth-order valence-electron chi connectivity index (χ4n) is 2.53. The minimum absolute atomic E-state index is 0.630. The van der Waals surface area contributed by atoms with E-state index in [1.165, 1.54) is 25.0 Å². The van der Waals surface area contributed by atoms with Gasteiger partial charge in [-0.3, -0.25) is 5.10 Å². The number of nitrogens with two attached hydrogens (primary N) is 1. The first kappa shape index (κ1) is 6.52. The molecule has 1 heterocycles. The molecule has 0 bridgehead atoms. The largest absolute Gasteiger partial charge is 0.382 e. The summed E-state index contributed by atoms with van der Waals surface area (Å²) in [6.45, 7) is 0. The summed E-state index contributed by atoms with van der Waals surface area (Å²) in [6.07, 6.45) is 4.18. The Balaban J connectivity index is 1.81. The third-order valence-electron chi connectivity index (χ3n) is 3.30. The van der Waals surface area contributed by atoms with Crippen molar-refractivity contribution in [3.63, 3.8) is 0 Å². The van der Waals surface area contributed by atoms with E-state index in [0.29, 0.717) is 5.82 Å². The van der Waals surface area contributed by atoms with Gasteiger partial charge >= 0.3 is 0 Å². The SMILES string of the molecule is Nc1cc(C2C[C@@H]3C[C@@H]3C2)[nH]n1. The van der Waals surface area contributed by atoms with E-state index in [1.54, 1.807) is 0 Å². The van der Waals surface area contributed by atoms with E-state index >= 15 is 0 Å². The van der Waals surface area contributed by atoms with Gasteiger partial charge in [0.1, 0.15) is 5.82 Å². The van der Waals surface area contributed by atoms with Crippen LogP contribution in [0.2, 0.25) is 0 Å². The first-order chi connectivity index (χ1) is 5.83. The Morgan fingerprint density at radius 1 is 1.33 bits per heavy atom. The number of anilines is 1. The minimum atomic E-state index is 0.630. The number of aromatic nitrogens is 2. The van der Waals surface area contributed by atoms with E-state index in [-0.39, 0.29) is 0 Å². The van der Waals surface area contributed by atoms with Crippen LogP contribution in [0.3, 0.4) is 0 Å². The summed E-state index contributed by atoms with van der Waals surface area (Å²) in [6, 6.07) is 1.98. The average Bonchev–Trinajstić information content (AvgIpc) is 2.49. The predicted octanol–water partition coefficient (Wildman–Crippen LogP) is 1.51. The van der Waals surface area contributed by atoms with Crippen molar-refractivity contribution in [1.29, 1.82) is 0 Å². The Morgan fingerprint density at radius 3 is 2.67 bits per heavy atom. The van der Waals surface area contributed by atoms with Crippen molar-refractivity contribution >= 4 is 5.82 Å².